The Morgan fingerprint density at radius 1 is 1.46 bits per heavy atom. The van der Waals surface area contributed by atoms with Gasteiger partial charge < -0.3 is 14.8 Å². The minimum atomic E-state index is -0.128. The topological polar surface area (TPSA) is 65.6 Å². The van der Waals surface area contributed by atoms with Crippen molar-refractivity contribution < 1.29 is 14.6 Å². The van der Waals surface area contributed by atoms with Crippen molar-refractivity contribution in [2.24, 2.45) is 0 Å². The zero-order valence-corrected chi connectivity index (χ0v) is 14.7. The van der Waals surface area contributed by atoms with Gasteiger partial charge in [-0.25, -0.2) is 0 Å². The van der Waals surface area contributed by atoms with Gasteiger partial charge in [0.15, 0.2) is 5.78 Å². The molecule has 0 aliphatic carbocycles. The van der Waals surface area contributed by atoms with E-state index in [0.717, 1.165) is 29.7 Å². The van der Waals surface area contributed by atoms with E-state index >= 15 is 0 Å². The van der Waals surface area contributed by atoms with Crippen LogP contribution in [0.2, 0.25) is 0 Å². The van der Waals surface area contributed by atoms with Gasteiger partial charge in [0.2, 0.25) is 0 Å². The number of epoxide rings is 1. The molecule has 0 spiro atoms. The maximum atomic E-state index is 12.0. The molecular weight excluding hydrogens is 302 g/mol. The normalized spacial score (nSPS) is 24.6. The summed E-state index contributed by atoms with van der Waals surface area (Å²) in [7, 11) is 0. The first-order chi connectivity index (χ1) is 11.4. The summed E-state index contributed by atoms with van der Waals surface area (Å²) >= 11 is 0. The van der Waals surface area contributed by atoms with Crippen molar-refractivity contribution in [3.05, 3.63) is 59.5 Å². The number of carbonyl (C=O) groups excluding carboxylic acids is 1. The number of nitrogens with one attached hydrogen (secondary N) is 1. The first-order valence-electron chi connectivity index (χ1n) is 8.39. The summed E-state index contributed by atoms with van der Waals surface area (Å²) in [5.74, 6) is 0.0868. The molecule has 1 aromatic rings. The van der Waals surface area contributed by atoms with E-state index in [0.29, 0.717) is 6.42 Å². The summed E-state index contributed by atoms with van der Waals surface area (Å²) < 4.78 is 5.76. The third-order valence-electron chi connectivity index (χ3n) is 4.27. The average Bonchev–Trinajstić information content (AvgIpc) is 2.93. The van der Waals surface area contributed by atoms with Crippen molar-refractivity contribution in [2.75, 3.05) is 6.61 Å². The van der Waals surface area contributed by atoms with E-state index < -0.39 is 0 Å². The molecule has 2 rings (SSSR count). The third-order valence-corrected chi connectivity index (χ3v) is 4.27. The lowest BCUT2D eigenvalue weighted by Gasteiger charge is -2.03. The van der Waals surface area contributed by atoms with Gasteiger partial charge in [-0.2, -0.15) is 0 Å². The number of H-pyrrole nitrogens is 1. The van der Waals surface area contributed by atoms with Gasteiger partial charge in [-0.1, -0.05) is 23.8 Å². The van der Waals surface area contributed by atoms with Crippen molar-refractivity contribution in [3.8, 4) is 0 Å². The lowest BCUT2D eigenvalue weighted by atomic mass is 9.99. The molecule has 4 heteroatoms. The number of hydrogen-bond acceptors (Lipinski definition) is 3. The molecule has 2 N–H and O–H groups in total. The molecule has 1 saturated heterocycles. The van der Waals surface area contributed by atoms with Crippen LogP contribution in [0.5, 0.6) is 0 Å². The summed E-state index contributed by atoms with van der Waals surface area (Å²) in [4.78, 5) is 15.0. The highest BCUT2D eigenvalue weighted by Gasteiger charge is 2.49. The number of hydrogen-bond donors (Lipinski definition) is 2. The molecule has 0 amide bonds. The van der Waals surface area contributed by atoms with E-state index in [9.17, 15) is 4.79 Å². The van der Waals surface area contributed by atoms with Crippen molar-refractivity contribution in [3.63, 3.8) is 0 Å². The molecule has 1 aliphatic heterocycles. The van der Waals surface area contributed by atoms with Crippen molar-refractivity contribution >= 4 is 5.78 Å². The Bertz CT molecular complexity index is 640. The van der Waals surface area contributed by atoms with Crippen molar-refractivity contribution in [1.29, 1.82) is 0 Å². The minimum absolute atomic E-state index is 0.0868. The highest BCUT2D eigenvalue weighted by Crippen LogP contribution is 2.41. The van der Waals surface area contributed by atoms with Crippen LogP contribution in [0.25, 0.3) is 0 Å². The number of carbonyl (C=O) groups is 1. The number of ether oxygens (including phenoxy) is 1. The highest BCUT2D eigenvalue weighted by atomic mass is 16.6. The predicted octanol–water partition coefficient (Wildman–Crippen LogP) is 3.51. The van der Waals surface area contributed by atoms with E-state index in [1.165, 1.54) is 0 Å². The second kappa shape index (κ2) is 8.27. The monoisotopic (exact) mass is 329 g/mol. The van der Waals surface area contributed by atoms with Crippen molar-refractivity contribution in [2.45, 2.75) is 51.7 Å². The van der Waals surface area contributed by atoms with Gasteiger partial charge in [0.1, 0.15) is 6.10 Å². The average molecular weight is 329 g/mol. The summed E-state index contributed by atoms with van der Waals surface area (Å²) in [6.07, 6.45) is 11.8. The maximum Gasteiger partial charge on any atom is 0.161 e. The second-order valence-electron chi connectivity index (χ2n) is 6.68. The molecule has 0 aromatic carbocycles. The van der Waals surface area contributed by atoms with Crippen LogP contribution in [0.15, 0.2) is 53.8 Å². The van der Waals surface area contributed by atoms with E-state index in [-0.39, 0.29) is 24.1 Å². The fourth-order valence-corrected chi connectivity index (χ4v) is 2.63. The van der Waals surface area contributed by atoms with Crippen molar-refractivity contribution in [1.82, 2.24) is 4.98 Å². The number of ketones is 1. The van der Waals surface area contributed by atoms with E-state index in [4.69, 9.17) is 9.84 Å². The smallest absolute Gasteiger partial charge is 0.161 e. The Kier molecular flexibility index (Phi) is 6.35. The molecule has 0 radical (unpaired) electrons. The predicted molar refractivity (Wildman–Crippen MR) is 95.8 cm³/mol. The number of allylic oxidation sites excluding steroid dienone is 4. The van der Waals surface area contributed by atoms with Gasteiger partial charge in [-0.3, -0.25) is 4.79 Å². The summed E-state index contributed by atoms with van der Waals surface area (Å²) in [6.45, 7) is 6.06. The van der Waals surface area contributed by atoms with E-state index in [1.807, 2.05) is 44.3 Å². The van der Waals surface area contributed by atoms with Crippen LogP contribution in [0.1, 0.15) is 39.3 Å². The van der Waals surface area contributed by atoms with Crippen LogP contribution in [0.3, 0.4) is 0 Å². The van der Waals surface area contributed by atoms with Crippen LogP contribution >= 0.6 is 0 Å². The lowest BCUT2D eigenvalue weighted by molar-refractivity contribution is -0.114. The number of aromatic amines is 1. The molecule has 24 heavy (non-hydrogen) atoms. The molecule has 1 fully saturated rings. The third kappa shape index (κ3) is 5.62. The Balaban J connectivity index is 1.78. The van der Waals surface area contributed by atoms with Crippen LogP contribution in [-0.4, -0.2) is 34.2 Å². The molecule has 2 unspecified atom stereocenters. The molecule has 2 heterocycles. The molecule has 1 aliphatic rings. The van der Waals surface area contributed by atoms with Gasteiger partial charge in [-0.05, 0) is 57.4 Å². The molecule has 0 bridgehead atoms. The molecule has 0 saturated carbocycles. The molecule has 1 aromatic heterocycles. The summed E-state index contributed by atoms with van der Waals surface area (Å²) in [6, 6.07) is 3.80. The minimum Gasteiger partial charge on any atom is -0.392 e. The first-order valence-corrected chi connectivity index (χ1v) is 8.39. The van der Waals surface area contributed by atoms with Gasteiger partial charge in [-0.15, -0.1) is 0 Å². The zero-order chi connectivity index (χ0) is 17.6. The Morgan fingerprint density at radius 2 is 2.25 bits per heavy atom. The highest BCUT2D eigenvalue weighted by molar-refractivity contribution is 5.92. The number of aliphatic hydroxyl groups is 1. The van der Waals surface area contributed by atoms with Crippen LogP contribution in [0, 0.1) is 0 Å². The maximum absolute atomic E-state index is 12.0. The molecule has 2 atom stereocenters. The first kappa shape index (κ1) is 18.4. The van der Waals surface area contributed by atoms with Crippen LogP contribution in [-0.2, 0) is 16.0 Å². The van der Waals surface area contributed by atoms with Crippen LogP contribution < -0.4 is 0 Å². The van der Waals surface area contributed by atoms with Crippen LogP contribution in [0.4, 0.5) is 0 Å². The number of aliphatic hydroxyl groups excluding tert-OH is 1. The SMILES string of the molecule is CC(/C=C/C1OC1(C)CC/C=C(\C)CO)=C\C(=O)Cc1ccc[nH]1. The van der Waals surface area contributed by atoms with E-state index in [2.05, 4.69) is 18.0 Å². The number of rotatable bonds is 9. The van der Waals surface area contributed by atoms with Gasteiger partial charge in [0.25, 0.3) is 0 Å². The van der Waals surface area contributed by atoms with Gasteiger partial charge in [0.05, 0.1) is 18.6 Å². The fraction of sp³-hybridized carbons (Fsp3) is 0.450. The fourth-order valence-electron chi connectivity index (χ4n) is 2.63. The molecule has 4 nitrogen and oxygen atoms in total. The standard InChI is InChI=1S/C20H27NO3/c1-15(12-18(23)13-17-7-5-11-21-17)8-9-19-20(3,24-19)10-4-6-16(2)14-22/h5-9,11-12,19,21-22H,4,10,13-14H2,1-3H3/b9-8+,15-12+,16-6+. The summed E-state index contributed by atoms with van der Waals surface area (Å²) in [5, 5.41) is 8.98. The van der Waals surface area contributed by atoms with Gasteiger partial charge >= 0.3 is 0 Å². The largest absolute Gasteiger partial charge is 0.392 e. The van der Waals surface area contributed by atoms with E-state index in [1.54, 1.807) is 6.08 Å². The summed E-state index contributed by atoms with van der Waals surface area (Å²) in [5.41, 5.74) is 2.72. The second-order valence-corrected chi connectivity index (χ2v) is 6.68. The Labute approximate surface area is 143 Å². The lowest BCUT2D eigenvalue weighted by Crippen LogP contribution is -2.07. The molecule has 130 valence electrons. The Hall–Kier alpha value is -1.91. The van der Waals surface area contributed by atoms with Gasteiger partial charge in [0, 0.05) is 11.9 Å². The quantitative estimate of drug-likeness (QED) is 0.315. The number of aromatic nitrogens is 1. The molecular formula is C20H27NO3. The zero-order valence-electron chi connectivity index (χ0n) is 14.7. The Morgan fingerprint density at radius 3 is 2.92 bits per heavy atom.